The van der Waals surface area contributed by atoms with E-state index in [-0.39, 0.29) is 5.69 Å². The maximum absolute atomic E-state index is 12.0. The van der Waals surface area contributed by atoms with Crippen molar-refractivity contribution >= 4 is 23.2 Å². The smallest absolute Gasteiger partial charge is 0.275 e. The van der Waals surface area contributed by atoms with Gasteiger partial charge in [-0.2, -0.15) is 0 Å². The minimum atomic E-state index is -0.410. The summed E-state index contributed by atoms with van der Waals surface area (Å²) in [6.07, 6.45) is 4.29. The van der Waals surface area contributed by atoms with Crippen molar-refractivity contribution in [1.82, 2.24) is 9.97 Å². The zero-order valence-corrected chi connectivity index (χ0v) is 11.6. The fourth-order valence-corrected chi connectivity index (χ4v) is 1.75. The number of methoxy groups -OCH3 is 2. The highest BCUT2D eigenvalue weighted by Crippen LogP contribution is 2.36. The predicted octanol–water partition coefficient (Wildman–Crippen LogP) is 2.40. The van der Waals surface area contributed by atoms with E-state index in [2.05, 4.69) is 15.3 Å². The maximum atomic E-state index is 12.0. The van der Waals surface area contributed by atoms with E-state index in [0.29, 0.717) is 22.2 Å². The van der Waals surface area contributed by atoms with Crippen molar-refractivity contribution in [2.45, 2.75) is 0 Å². The predicted molar refractivity (Wildman–Crippen MR) is 74.5 cm³/mol. The third kappa shape index (κ3) is 2.97. The van der Waals surface area contributed by atoms with Crippen LogP contribution in [-0.4, -0.2) is 30.1 Å². The molecule has 0 unspecified atom stereocenters. The zero-order chi connectivity index (χ0) is 14.5. The number of ether oxygens (including phenoxy) is 2. The number of benzene rings is 1. The summed E-state index contributed by atoms with van der Waals surface area (Å²) in [4.78, 5) is 19.7. The highest BCUT2D eigenvalue weighted by Gasteiger charge is 2.14. The molecule has 0 spiro atoms. The van der Waals surface area contributed by atoms with Crippen molar-refractivity contribution in [3.8, 4) is 11.5 Å². The van der Waals surface area contributed by atoms with Crippen LogP contribution in [0, 0.1) is 0 Å². The number of carbonyl (C=O) groups excluding carboxylic acids is 1. The molecule has 6 nitrogen and oxygen atoms in total. The number of rotatable bonds is 4. The lowest BCUT2D eigenvalue weighted by Gasteiger charge is -2.12. The molecule has 2 aromatic rings. The van der Waals surface area contributed by atoms with Crippen molar-refractivity contribution in [3.63, 3.8) is 0 Å². The maximum Gasteiger partial charge on any atom is 0.275 e. The van der Waals surface area contributed by atoms with Crippen LogP contribution in [0.2, 0.25) is 5.02 Å². The number of aromatic nitrogens is 2. The minimum Gasteiger partial charge on any atom is -0.493 e. The van der Waals surface area contributed by atoms with Crippen LogP contribution in [0.1, 0.15) is 10.5 Å². The Bertz CT molecular complexity index is 620. The van der Waals surface area contributed by atoms with E-state index in [1.807, 2.05) is 0 Å². The number of hydrogen-bond donors (Lipinski definition) is 1. The summed E-state index contributed by atoms with van der Waals surface area (Å²) in [5.41, 5.74) is 0.596. The fraction of sp³-hybridized carbons (Fsp3) is 0.154. The van der Waals surface area contributed by atoms with Crippen molar-refractivity contribution in [2.24, 2.45) is 0 Å². The van der Waals surface area contributed by atoms with Crippen molar-refractivity contribution in [1.29, 1.82) is 0 Å². The number of nitrogens with one attached hydrogen (secondary N) is 1. The first-order valence-corrected chi connectivity index (χ1v) is 6.02. The highest BCUT2D eigenvalue weighted by molar-refractivity contribution is 6.34. The van der Waals surface area contributed by atoms with Gasteiger partial charge in [-0.1, -0.05) is 11.6 Å². The van der Waals surface area contributed by atoms with Gasteiger partial charge in [0.1, 0.15) is 5.69 Å². The molecule has 0 fully saturated rings. The molecule has 0 bridgehead atoms. The lowest BCUT2D eigenvalue weighted by Crippen LogP contribution is -2.14. The van der Waals surface area contributed by atoms with Crippen molar-refractivity contribution in [2.75, 3.05) is 19.5 Å². The third-order valence-corrected chi connectivity index (χ3v) is 2.83. The molecule has 1 amide bonds. The Labute approximate surface area is 120 Å². The molecule has 1 N–H and O–H groups in total. The fourth-order valence-electron chi connectivity index (χ4n) is 1.55. The molecule has 1 heterocycles. The quantitative estimate of drug-likeness (QED) is 0.937. The van der Waals surface area contributed by atoms with Gasteiger partial charge in [0.15, 0.2) is 11.5 Å². The lowest BCUT2D eigenvalue weighted by molar-refractivity contribution is 0.102. The number of hydrogen-bond acceptors (Lipinski definition) is 5. The normalized spacial score (nSPS) is 9.95. The molecule has 0 radical (unpaired) electrons. The third-order valence-electron chi connectivity index (χ3n) is 2.52. The second kappa shape index (κ2) is 6.21. The molecule has 7 heteroatoms. The van der Waals surface area contributed by atoms with Crippen LogP contribution in [0.4, 0.5) is 5.69 Å². The molecule has 0 saturated heterocycles. The number of anilines is 1. The number of carbonyl (C=O) groups is 1. The van der Waals surface area contributed by atoms with E-state index < -0.39 is 5.91 Å². The summed E-state index contributed by atoms with van der Waals surface area (Å²) >= 11 is 6.08. The summed E-state index contributed by atoms with van der Waals surface area (Å²) in [5.74, 6) is 0.536. The molecule has 0 aliphatic rings. The van der Waals surface area contributed by atoms with E-state index in [1.54, 1.807) is 12.1 Å². The van der Waals surface area contributed by atoms with Gasteiger partial charge in [0.05, 0.1) is 31.1 Å². The summed E-state index contributed by atoms with van der Waals surface area (Å²) in [6, 6.07) is 3.14. The summed E-state index contributed by atoms with van der Waals surface area (Å²) < 4.78 is 10.3. The van der Waals surface area contributed by atoms with E-state index in [9.17, 15) is 4.79 Å². The number of nitrogens with zero attached hydrogens (tertiary/aromatic N) is 2. The van der Waals surface area contributed by atoms with E-state index in [4.69, 9.17) is 21.1 Å². The van der Waals surface area contributed by atoms with Gasteiger partial charge in [-0.3, -0.25) is 9.78 Å². The Morgan fingerprint density at radius 3 is 2.50 bits per heavy atom. The summed E-state index contributed by atoms with van der Waals surface area (Å²) in [5, 5.41) is 2.98. The standard InChI is InChI=1S/C13H12ClN3O3/c1-19-11-5-8(14)9(6-12(11)20-2)17-13(18)10-7-15-3-4-16-10/h3-7H,1-2H3,(H,17,18). The Kier molecular flexibility index (Phi) is 4.37. The van der Waals surface area contributed by atoms with Crippen LogP contribution in [0.15, 0.2) is 30.7 Å². The first-order valence-electron chi connectivity index (χ1n) is 5.64. The van der Waals surface area contributed by atoms with Gasteiger partial charge < -0.3 is 14.8 Å². The van der Waals surface area contributed by atoms with Gasteiger partial charge in [-0.15, -0.1) is 0 Å². The second-order valence-corrected chi connectivity index (χ2v) is 4.14. The molecule has 104 valence electrons. The van der Waals surface area contributed by atoms with E-state index in [0.717, 1.165) is 0 Å². The van der Waals surface area contributed by atoms with Gasteiger partial charge in [0.2, 0.25) is 0 Å². The van der Waals surface area contributed by atoms with Gasteiger partial charge in [-0.25, -0.2) is 4.98 Å². The molecule has 0 saturated carbocycles. The Balaban J connectivity index is 2.28. The van der Waals surface area contributed by atoms with E-state index >= 15 is 0 Å². The van der Waals surface area contributed by atoms with Gasteiger partial charge in [-0.05, 0) is 0 Å². The molecule has 2 rings (SSSR count). The minimum absolute atomic E-state index is 0.193. The Morgan fingerprint density at radius 2 is 1.90 bits per heavy atom. The molecule has 0 aliphatic carbocycles. The largest absolute Gasteiger partial charge is 0.493 e. The summed E-state index contributed by atoms with van der Waals surface area (Å²) in [6.45, 7) is 0. The number of amides is 1. The molecular formula is C13H12ClN3O3. The van der Waals surface area contributed by atoms with Gasteiger partial charge in [0, 0.05) is 24.5 Å². The van der Waals surface area contributed by atoms with Crippen molar-refractivity contribution in [3.05, 3.63) is 41.4 Å². The van der Waals surface area contributed by atoms with Crippen LogP contribution in [-0.2, 0) is 0 Å². The van der Waals surface area contributed by atoms with Gasteiger partial charge in [0.25, 0.3) is 5.91 Å². The topological polar surface area (TPSA) is 73.3 Å². The molecule has 20 heavy (non-hydrogen) atoms. The first kappa shape index (κ1) is 14.1. The van der Waals surface area contributed by atoms with Crippen LogP contribution in [0.3, 0.4) is 0 Å². The van der Waals surface area contributed by atoms with Crippen LogP contribution < -0.4 is 14.8 Å². The van der Waals surface area contributed by atoms with Crippen molar-refractivity contribution < 1.29 is 14.3 Å². The molecular weight excluding hydrogens is 282 g/mol. The van der Waals surface area contributed by atoms with Crippen LogP contribution in [0.5, 0.6) is 11.5 Å². The summed E-state index contributed by atoms with van der Waals surface area (Å²) in [7, 11) is 3.01. The lowest BCUT2D eigenvalue weighted by atomic mass is 10.2. The van der Waals surface area contributed by atoms with E-state index in [1.165, 1.54) is 32.8 Å². The number of halogens is 1. The monoisotopic (exact) mass is 293 g/mol. The molecule has 0 aliphatic heterocycles. The SMILES string of the molecule is COc1cc(Cl)c(NC(=O)c2cnccn2)cc1OC. The Morgan fingerprint density at radius 1 is 1.20 bits per heavy atom. The Hall–Kier alpha value is -2.34. The van der Waals surface area contributed by atoms with Gasteiger partial charge >= 0.3 is 0 Å². The average Bonchev–Trinajstić information content (AvgIpc) is 2.49. The highest BCUT2D eigenvalue weighted by atomic mass is 35.5. The second-order valence-electron chi connectivity index (χ2n) is 3.73. The average molecular weight is 294 g/mol. The molecule has 0 atom stereocenters. The molecule has 1 aromatic heterocycles. The zero-order valence-electron chi connectivity index (χ0n) is 10.9. The van der Waals surface area contributed by atoms with Crippen LogP contribution >= 0.6 is 11.6 Å². The molecule has 1 aromatic carbocycles. The first-order chi connectivity index (χ1) is 9.65. The van der Waals surface area contributed by atoms with Crippen LogP contribution in [0.25, 0.3) is 0 Å².